The SMILES string of the molecule is CCC(C)CP(C)C. The maximum Gasteiger partial charge on any atom is -0.0305 e. The monoisotopic (exact) mass is 132 g/mol. The van der Waals surface area contributed by atoms with E-state index in [1.54, 1.807) is 0 Å². The van der Waals surface area contributed by atoms with Crippen molar-refractivity contribution in [2.75, 3.05) is 19.5 Å². The Bertz CT molecular complexity index is 50.3. The lowest BCUT2D eigenvalue weighted by atomic mass is 10.2. The maximum atomic E-state index is 2.35. The second-order valence-corrected chi connectivity index (χ2v) is 5.30. The normalized spacial score (nSPS) is 14.6. The van der Waals surface area contributed by atoms with Gasteiger partial charge in [0.05, 0.1) is 0 Å². The van der Waals surface area contributed by atoms with Crippen LogP contribution in [0.15, 0.2) is 0 Å². The van der Waals surface area contributed by atoms with Gasteiger partial charge in [0.25, 0.3) is 0 Å². The molecule has 0 heterocycles. The Labute approximate surface area is 54.4 Å². The van der Waals surface area contributed by atoms with Gasteiger partial charge in [-0.05, 0) is 25.4 Å². The van der Waals surface area contributed by atoms with Crippen LogP contribution in [0.2, 0.25) is 0 Å². The van der Waals surface area contributed by atoms with Crippen molar-refractivity contribution in [2.24, 2.45) is 5.92 Å². The molecule has 0 spiro atoms. The second-order valence-electron chi connectivity index (χ2n) is 2.78. The van der Waals surface area contributed by atoms with E-state index >= 15 is 0 Å². The van der Waals surface area contributed by atoms with Crippen LogP contribution in [-0.4, -0.2) is 19.5 Å². The third-order valence-corrected chi connectivity index (χ3v) is 2.73. The topological polar surface area (TPSA) is 0 Å². The average Bonchev–Trinajstić information content (AvgIpc) is 1.65. The van der Waals surface area contributed by atoms with E-state index in [0.717, 1.165) is 5.92 Å². The lowest BCUT2D eigenvalue weighted by Crippen LogP contribution is -1.96. The molecule has 8 heavy (non-hydrogen) atoms. The summed E-state index contributed by atoms with van der Waals surface area (Å²) in [6.45, 7) is 9.30. The number of rotatable bonds is 3. The van der Waals surface area contributed by atoms with E-state index in [0.29, 0.717) is 7.92 Å². The zero-order valence-corrected chi connectivity index (χ0v) is 7.33. The minimum absolute atomic E-state index is 0.354. The molecule has 0 bridgehead atoms. The predicted octanol–water partition coefficient (Wildman–Crippen LogP) is 2.77. The molecule has 1 atom stereocenters. The molecule has 0 saturated carbocycles. The fourth-order valence-electron chi connectivity index (χ4n) is 0.752. The van der Waals surface area contributed by atoms with Crippen molar-refractivity contribution in [2.45, 2.75) is 20.3 Å². The highest BCUT2D eigenvalue weighted by Gasteiger charge is 1.99. The second kappa shape index (κ2) is 4.32. The Morgan fingerprint density at radius 3 is 2.00 bits per heavy atom. The van der Waals surface area contributed by atoms with Gasteiger partial charge in [0.2, 0.25) is 0 Å². The highest BCUT2D eigenvalue weighted by molar-refractivity contribution is 7.55. The Morgan fingerprint density at radius 2 is 1.88 bits per heavy atom. The predicted molar refractivity (Wildman–Crippen MR) is 43.1 cm³/mol. The van der Waals surface area contributed by atoms with Crippen molar-refractivity contribution in [1.29, 1.82) is 0 Å². The van der Waals surface area contributed by atoms with Crippen LogP contribution < -0.4 is 0 Å². The Hall–Kier alpha value is 0.430. The van der Waals surface area contributed by atoms with Crippen molar-refractivity contribution in [3.05, 3.63) is 0 Å². The van der Waals surface area contributed by atoms with Crippen LogP contribution in [0.1, 0.15) is 20.3 Å². The van der Waals surface area contributed by atoms with E-state index in [2.05, 4.69) is 27.2 Å². The molecule has 0 nitrogen and oxygen atoms in total. The molecule has 0 radical (unpaired) electrons. The van der Waals surface area contributed by atoms with Gasteiger partial charge in [-0.25, -0.2) is 0 Å². The molecule has 0 aromatic rings. The lowest BCUT2D eigenvalue weighted by Gasteiger charge is -2.10. The summed E-state index contributed by atoms with van der Waals surface area (Å²) in [6.07, 6.45) is 2.80. The standard InChI is InChI=1S/C7H17P/c1-5-7(2)6-8(3)4/h7H,5-6H2,1-4H3. The van der Waals surface area contributed by atoms with Crippen LogP contribution in [-0.2, 0) is 0 Å². The molecular weight excluding hydrogens is 115 g/mol. The summed E-state index contributed by atoms with van der Waals surface area (Å²) in [5.41, 5.74) is 0. The van der Waals surface area contributed by atoms with Gasteiger partial charge in [-0.15, -0.1) is 7.92 Å². The van der Waals surface area contributed by atoms with Gasteiger partial charge in [0, 0.05) is 0 Å². The Morgan fingerprint density at radius 1 is 1.38 bits per heavy atom. The summed E-state index contributed by atoms with van der Waals surface area (Å²) in [5, 5.41) is 0. The third kappa shape index (κ3) is 4.59. The largest absolute Gasteiger partial charge is 0.113 e. The molecule has 0 aliphatic rings. The Kier molecular flexibility index (Phi) is 4.56. The van der Waals surface area contributed by atoms with Gasteiger partial charge < -0.3 is 0 Å². The molecule has 50 valence electrons. The summed E-state index contributed by atoms with van der Waals surface area (Å²) in [7, 11) is 0.354. The fraction of sp³-hybridized carbons (Fsp3) is 1.00. The summed E-state index contributed by atoms with van der Waals surface area (Å²) < 4.78 is 0. The van der Waals surface area contributed by atoms with Gasteiger partial charge in [-0.3, -0.25) is 0 Å². The highest BCUT2D eigenvalue weighted by Crippen LogP contribution is 2.28. The van der Waals surface area contributed by atoms with Crippen LogP contribution in [0.25, 0.3) is 0 Å². The number of hydrogen-bond donors (Lipinski definition) is 0. The van der Waals surface area contributed by atoms with E-state index in [-0.39, 0.29) is 0 Å². The lowest BCUT2D eigenvalue weighted by molar-refractivity contribution is 0.633. The van der Waals surface area contributed by atoms with Crippen molar-refractivity contribution in [1.82, 2.24) is 0 Å². The molecule has 0 amide bonds. The first-order chi connectivity index (χ1) is 3.66. The molecule has 0 aliphatic heterocycles. The average molecular weight is 132 g/mol. The highest BCUT2D eigenvalue weighted by atomic mass is 31.1. The molecule has 0 saturated heterocycles. The molecular formula is C7H17P. The quantitative estimate of drug-likeness (QED) is 0.518. The van der Waals surface area contributed by atoms with Gasteiger partial charge >= 0.3 is 0 Å². The first kappa shape index (κ1) is 8.43. The molecule has 0 rings (SSSR count). The third-order valence-electron chi connectivity index (χ3n) is 1.37. The van der Waals surface area contributed by atoms with Crippen molar-refractivity contribution < 1.29 is 0 Å². The summed E-state index contributed by atoms with van der Waals surface area (Å²) in [5.74, 6) is 0.955. The van der Waals surface area contributed by atoms with Crippen LogP contribution in [0.5, 0.6) is 0 Å². The zero-order valence-electron chi connectivity index (χ0n) is 6.44. The van der Waals surface area contributed by atoms with Gasteiger partial charge in [-0.2, -0.15) is 0 Å². The zero-order chi connectivity index (χ0) is 6.57. The van der Waals surface area contributed by atoms with E-state index in [4.69, 9.17) is 0 Å². The van der Waals surface area contributed by atoms with Crippen LogP contribution in [0.3, 0.4) is 0 Å². The molecule has 1 unspecified atom stereocenters. The molecule has 0 N–H and O–H groups in total. The van der Waals surface area contributed by atoms with Gasteiger partial charge in [0.15, 0.2) is 0 Å². The first-order valence-electron chi connectivity index (χ1n) is 3.31. The van der Waals surface area contributed by atoms with Crippen LogP contribution >= 0.6 is 7.92 Å². The van der Waals surface area contributed by atoms with E-state index in [1.807, 2.05) is 0 Å². The minimum atomic E-state index is 0.354. The summed E-state index contributed by atoms with van der Waals surface area (Å²) >= 11 is 0. The molecule has 0 aromatic heterocycles. The van der Waals surface area contributed by atoms with Crippen molar-refractivity contribution >= 4 is 7.92 Å². The fourth-order valence-corrected chi connectivity index (χ4v) is 2.26. The summed E-state index contributed by atoms with van der Waals surface area (Å²) in [6, 6.07) is 0. The first-order valence-corrected chi connectivity index (χ1v) is 5.73. The maximum absolute atomic E-state index is 2.35. The molecule has 0 aromatic carbocycles. The van der Waals surface area contributed by atoms with E-state index in [9.17, 15) is 0 Å². The smallest absolute Gasteiger partial charge is 0.0305 e. The molecule has 1 heteroatoms. The van der Waals surface area contributed by atoms with Gasteiger partial charge in [-0.1, -0.05) is 20.3 Å². The summed E-state index contributed by atoms with van der Waals surface area (Å²) in [4.78, 5) is 0. The Balaban J connectivity index is 3.10. The van der Waals surface area contributed by atoms with Crippen LogP contribution in [0, 0.1) is 5.92 Å². The van der Waals surface area contributed by atoms with E-state index in [1.165, 1.54) is 12.6 Å². The van der Waals surface area contributed by atoms with Gasteiger partial charge in [0.1, 0.15) is 0 Å². The van der Waals surface area contributed by atoms with E-state index < -0.39 is 0 Å². The number of hydrogen-bond acceptors (Lipinski definition) is 0. The van der Waals surface area contributed by atoms with Crippen molar-refractivity contribution in [3.63, 3.8) is 0 Å². The minimum Gasteiger partial charge on any atom is -0.113 e. The van der Waals surface area contributed by atoms with Crippen molar-refractivity contribution in [3.8, 4) is 0 Å². The molecule has 0 aliphatic carbocycles. The van der Waals surface area contributed by atoms with Crippen LogP contribution in [0.4, 0.5) is 0 Å². The molecule has 0 fully saturated rings.